The van der Waals surface area contributed by atoms with E-state index in [1.165, 1.54) is 60.7 Å². The normalized spacial score (nSPS) is 13.1. The average molecular weight is 998 g/mol. The number of aliphatic hydroxyl groups is 1. The van der Waals surface area contributed by atoms with Crippen molar-refractivity contribution in [2.45, 2.75) is 153 Å². The van der Waals surface area contributed by atoms with E-state index in [-0.39, 0.29) is 47.9 Å². The maximum absolute atomic E-state index is 12.2. The summed E-state index contributed by atoms with van der Waals surface area (Å²) in [7, 11) is -1.77. The number of aliphatic hydroxyl groups excluding tert-OH is 1. The Morgan fingerprint density at radius 1 is 0.741 bits per heavy atom. The molecule has 0 aliphatic carbocycles. The van der Waals surface area contributed by atoms with Crippen molar-refractivity contribution >= 4 is 61.3 Å². The smallest absolute Gasteiger partial charge is 0.164 e. The summed E-state index contributed by atoms with van der Waals surface area (Å²) in [6.07, 6.45) is 6.77. The van der Waals surface area contributed by atoms with Crippen LogP contribution in [0.1, 0.15) is 135 Å². The SMILES string of the molecule is CC(C)C[Si](CC(C)C)(CC(C)C)c1cccc2c1sc1c(-c3[c-]c4ccccc4c(C(C)(C)C)c3)nccc12.CCC(C)(CC)C(=O)/C=C(\O)C(C)(CC)CC.[Ir]. The Morgan fingerprint density at radius 2 is 1.26 bits per heavy atom. The van der Waals surface area contributed by atoms with Crippen LogP contribution in [0.5, 0.6) is 0 Å². The van der Waals surface area contributed by atoms with Gasteiger partial charge in [0.2, 0.25) is 0 Å². The van der Waals surface area contributed by atoms with Crippen LogP contribution in [0.25, 0.3) is 42.2 Å². The molecule has 5 aromatic rings. The third-order valence-corrected chi connectivity index (χ3v) is 20.6. The van der Waals surface area contributed by atoms with E-state index >= 15 is 0 Å². The van der Waals surface area contributed by atoms with E-state index in [2.05, 4.69) is 123 Å². The number of pyridine rings is 1. The molecule has 3 nitrogen and oxygen atoms in total. The van der Waals surface area contributed by atoms with Gasteiger partial charge in [0.1, 0.15) is 5.76 Å². The summed E-state index contributed by atoms with van der Waals surface area (Å²) >= 11 is 1.99. The molecule has 0 unspecified atom stereocenters. The molecule has 1 radical (unpaired) electrons. The minimum atomic E-state index is -1.77. The van der Waals surface area contributed by atoms with Gasteiger partial charge in [-0.1, -0.05) is 169 Å². The van der Waals surface area contributed by atoms with Crippen LogP contribution in [-0.2, 0) is 30.3 Å². The Hall–Kier alpha value is -2.63. The summed E-state index contributed by atoms with van der Waals surface area (Å²) in [5, 5.41) is 17.0. The summed E-state index contributed by atoms with van der Waals surface area (Å²) in [4.78, 5) is 17.2. The molecule has 0 fully saturated rings. The molecule has 2 heterocycles. The van der Waals surface area contributed by atoms with E-state index < -0.39 is 8.07 Å². The average Bonchev–Trinajstić information content (AvgIpc) is 3.55. The summed E-state index contributed by atoms with van der Waals surface area (Å²) in [6, 6.07) is 28.3. The first-order valence-corrected chi connectivity index (χ1v) is 25.3. The van der Waals surface area contributed by atoms with Crippen LogP contribution in [0.3, 0.4) is 0 Å². The number of fused-ring (bicyclic) bond motifs is 4. The van der Waals surface area contributed by atoms with Crippen molar-refractivity contribution in [1.82, 2.24) is 4.98 Å². The first-order chi connectivity index (χ1) is 26.7. The third kappa shape index (κ3) is 11.0. The van der Waals surface area contributed by atoms with Gasteiger partial charge in [-0.05, 0) is 70.9 Å². The van der Waals surface area contributed by atoms with E-state index in [1.807, 2.05) is 59.1 Å². The van der Waals surface area contributed by atoms with Crippen molar-refractivity contribution in [3.63, 3.8) is 0 Å². The van der Waals surface area contributed by atoms with Gasteiger partial charge in [-0.3, -0.25) is 9.78 Å². The van der Waals surface area contributed by atoms with Crippen LogP contribution in [-0.4, -0.2) is 23.9 Å². The number of nitrogens with zero attached hydrogens (tertiary/aromatic N) is 1. The summed E-state index contributed by atoms with van der Waals surface area (Å²) in [6.45, 7) is 33.6. The van der Waals surface area contributed by atoms with Crippen molar-refractivity contribution in [2.24, 2.45) is 28.6 Å². The van der Waals surface area contributed by atoms with Crippen molar-refractivity contribution in [2.75, 3.05) is 0 Å². The van der Waals surface area contributed by atoms with Gasteiger partial charge in [-0.2, -0.15) is 0 Å². The van der Waals surface area contributed by atoms with Gasteiger partial charge >= 0.3 is 0 Å². The summed E-state index contributed by atoms with van der Waals surface area (Å²) < 4.78 is 2.81. The van der Waals surface area contributed by atoms with E-state index in [0.717, 1.165) is 36.9 Å². The molecule has 0 aliphatic heterocycles. The molecule has 6 heteroatoms. The van der Waals surface area contributed by atoms with Gasteiger partial charge < -0.3 is 5.11 Å². The van der Waals surface area contributed by atoms with Crippen LogP contribution in [0, 0.1) is 34.7 Å². The predicted octanol–water partition coefficient (Wildman–Crippen LogP) is 15.6. The van der Waals surface area contributed by atoms with Gasteiger partial charge in [-0.15, -0.1) is 40.5 Å². The van der Waals surface area contributed by atoms with Crippen LogP contribution in [0.4, 0.5) is 0 Å². The second-order valence-corrected chi connectivity index (χ2v) is 25.1. The predicted molar refractivity (Wildman–Crippen MR) is 255 cm³/mol. The summed E-state index contributed by atoms with van der Waals surface area (Å²) in [5.74, 6) is 2.39. The molecule has 5 rings (SSSR count). The molecule has 0 atom stereocenters. The molecule has 2 aromatic heterocycles. The van der Waals surface area contributed by atoms with E-state index in [0.29, 0.717) is 17.8 Å². The molecular weight excluding hydrogens is 923 g/mol. The molecule has 0 amide bonds. The van der Waals surface area contributed by atoms with Gasteiger partial charge in [0, 0.05) is 58.3 Å². The van der Waals surface area contributed by atoms with Gasteiger partial charge in [0.05, 0.1) is 8.07 Å². The Morgan fingerprint density at radius 3 is 1.78 bits per heavy atom. The van der Waals surface area contributed by atoms with Crippen LogP contribution >= 0.6 is 11.3 Å². The number of carbonyl (C=O) groups excluding carboxylic acids is 1. The number of hydrogen-bond acceptors (Lipinski definition) is 4. The van der Waals surface area contributed by atoms with E-state index in [9.17, 15) is 9.90 Å². The topological polar surface area (TPSA) is 50.2 Å². The number of rotatable bonds is 15. The molecule has 0 bridgehead atoms. The first-order valence-electron chi connectivity index (χ1n) is 21.9. The quantitative estimate of drug-likeness (QED) is 0.0492. The van der Waals surface area contributed by atoms with Gasteiger partial charge in [-0.25, -0.2) is 0 Å². The molecule has 0 saturated heterocycles. The molecule has 1 N–H and O–H groups in total. The second-order valence-electron chi connectivity index (χ2n) is 19.7. The number of benzene rings is 3. The molecule has 319 valence electrons. The van der Waals surface area contributed by atoms with Crippen molar-refractivity contribution in [3.8, 4) is 11.3 Å². The number of aromatic nitrogens is 1. The van der Waals surface area contributed by atoms with Crippen molar-refractivity contribution < 1.29 is 30.0 Å². The van der Waals surface area contributed by atoms with E-state index in [1.54, 1.807) is 5.19 Å². The third-order valence-electron chi connectivity index (χ3n) is 12.8. The van der Waals surface area contributed by atoms with Gasteiger partial charge in [0.15, 0.2) is 5.78 Å². The first kappa shape index (κ1) is 49.7. The Bertz CT molecular complexity index is 2140. The number of ketones is 1. The summed E-state index contributed by atoms with van der Waals surface area (Å²) in [5.41, 5.74) is 2.96. The molecule has 0 aliphatic rings. The number of allylic oxidation sites excluding steroid dienone is 2. The maximum Gasteiger partial charge on any atom is 0.164 e. The van der Waals surface area contributed by atoms with E-state index in [4.69, 9.17) is 4.98 Å². The van der Waals surface area contributed by atoms with Crippen LogP contribution in [0.15, 0.2) is 72.6 Å². The van der Waals surface area contributed by atoms with Gasteiger partial charge in [0.25, 0.3) is 0 Å². The Kier molecular flexibility index (Phi) is 17.4. The maximum atomic E-state index is 12.2. The fourth-order valence-corrected chi connectivity index (χ4v) is 17.9. The number of hydrogen-bond donors (Lipinski definition) is 1. The number of thiophene rings is 1. The largest absolute Gasteiger partial charge is 0.512 e. The monoisotopic (exact) mass is 997 g/mol. The molecule has 0 saturated carbocycles. The Labute approximate surface area is 371 Å². The Balaban J connectivity index is 0.000000425. The van der Waals surface area contributed by atoms with Crippen molar-refractivity contribution in [1.29, 1.82) is 0 Å². The fraction of sp³-hybridized carbons (Fsp3) is 0.538. The second kappa shape index (κ2) is 20.3. The van der Waals surface area contributed by atoms with Crippen LogP contribution < -0.4 is 5.19 Å². The van der Waals surface area contributed by atoms with Crippen LogP contribution in [0.2, 0.25) is 18.1 Å². The number of carbonyl (C=O) groups is 1. The molecule has 58 heavy (non-hydrogen) atoms. The molecule has 3 aromatic carbocycles. The zero-order valence-corrected chi connectivity index (χ0v) is 42.8. The minimum absolute atomic E-state index is 0. The zero-order valence-electron chi connectivity index (χ0n) is 38.6. The molecular formula is C52H74IrNO2SSi-. The minimum Gasteiger partial charge on any atom is -0.512 e. The molecule has 0 spiro atoms. The van der Waals surface area contributed by atoms with Crippen molar-refractivity contribution in [3.05, 3.63) is 84.3 Å². The standard InChI is InChI=1S/C37H46NSSi.C15H28O2.Ir/c1-24(2)21-40(22-25(3)4,23-26(5)6)33-16-12-15-30-31-17-18-38-34(36(31)39-35(30)33)28-19-27-13-10-11-14-29(27)32(20-28)37(7,8)9;1-7-14(5,8-2)12(16)11-13(17)15(6,9-3)10-4;/h10-18,20,24-26H,21-23H2,1-9H3;11,16H,7-10H2,1-6H3;/q-1;;/b;12-11-;. The fourth-order valence-electron chi connectivity index (χ4n) is 8.92. The zero-order chi connectivity index (χ0) is 42.5.